The van der Waals surface area contributed by atoms with E-state index < -0.39 is 10.0 Å². The molecule has 1 rings (SSSR count). The van der Waals surface area contributed by atoms with Crippen LogP contribution in [0.4, 0.5) is 0 Å². The van der Waals surface area contributed by atoms with Crippen molar-refractivity contribution in [3.63, 3.8) is 0 Å². The van der Waals surface area contributed by atoms with Crippen LogP contribution in [0.5, 0.6) is 0 Å². The Morgan fingerprint density at radius 2 is 2.00 bits per heavy atom. The fourth-order valence-electron chi connectivity index (χ4n) is 0.748. The van der Waals surface area contributed by atoms with Gasteiger partial charge in [-0.05, 0) is 26.7 Å². The van der Waals surface area contributed by atoms with Crippen molar-refractivity contribution < 1.29 is 8.42 Å². The fraction of sp³-hybridized carbons (Fsp3) is 1.00. The third-order valence-electron chi connectivity index (χ3n) is 2.14. The summed E-state index contributed by atoms with van der Waals surface area (Å²) >= 11 is 0. The predicted molar refractivity (Wildman–Crippen MR) is 48.2 cm³/mol. The van der Waals surface area contributed by atoms with Crippen LogP contribution in [0.3, 0.4) is 0 Å². The van der Waals surface area contributed by atoms with E-state index in [-0.39, 0.29) is 10.8 Å². The Morgan fingerprint density at radius 3 is 2.33 bits per heavy atom. The summed E-state index contributed by atoms with van der Waals surface area (Å²) < 4.78 is 25.0. The Bertz CT molecular complexity index is 255. The van der Waals surface area contributed by atoms with E-state index in [9.17, 15) is 8.42 Å². The summed E-state index contributed by atoms with van der Waals surface area (Å²) in [5.74, 6) is 0. The number of nitrogens with two attached hydrogens (primary N) is 1. The third-order valence-corrected chi connectivity index (χ3v) is 3.93. The first kappa shape index (κ1) is 9.95. The van der Waals surface area contributed by atoms with Gasteiger partial charge in [-0.2, -0.15) is 0 Å². The van der Waals surface area contributed by atoms with Crippen LogP contribution in [0.2, 0.25) is 0 Å². The van der Waals surface area contributed by atoms with Gasteiger partial charge in [-0.25, -0.2) is 13.1 Å². The second-order valence-corrected chi connectivity index (χ2v) is 6.10. The lowest BCUT2D eigenvalue weighted by atomic mass is 10.3. The van der Waals surface area contributed by atoms with E-state index in [0.29, 0.717) is 6.54 Å². The average Bonchev–Trinajstić information content (AvgIpc) is 2.66. The average molecular weight is 192 g/mol. The second kappa shape index (κ2) is 2.97. The van der Waals surface area contributed by atoms with Crippen LogP contribution in [0.1, 0.15) is 26.7 Å². The Hall–Kier alpha value is -0.130. The smallest absolute Gasteiger partial charge is 0.213 e. The molecule has 0 saturated heterocycles. The zero-order valence-corrected chi connectivity index (χ0v) is 8.32. The van der Waals surface area contributed by atoms with Crippen molar-refractivity contribution in [2.75, 3.05) is 6.54 Å². The monoisotopic (exact) mass is 192 g/mol. The number of nitrogens with one attached hydrogen (secondary N) is 1. The summed E-state index contributed by atoms with van der Waals surface area (Å²) in [5.41, 5.74) is 5.48. The number of sulfonamides is 1. The van der Waals surface area contributed by atoms with Crippen molar-refractivity contribution in [3.05, 3.63) is 0 Å². The maximum Gasteiger partial charge on any atom is 0.213 e. The minimum Gasteiger partial charge on any atom is -0.324 e. The zero-order chi connectivity index (χ0) is 9.41. The minimum atomic E-state index is -3.12. The van der Waals surface area contributed by atoms with Crippen molar-refractivity contribution in [2.24, 2.45) is 5.73 Å². The van der Waals surface area contributed by atoms with Gasteiger partial charge < -0.3 is 5.73 Å². The first-order chi connectivity index (χ1) is 5.36. The van der Waals surface area contributed by atoms with Crippen molar-refractivity contribution in [2.45, 2.75) is 37.5 Å². The molecule has 12 heavy (non-hydrogen) atoms. The van der Waals surface area contributed by atoms with Gasteiger partial charge in [0.15, 0.2) is 0 Å². The summed E-state index contributed by atoms with van der Waals surface area (Å²) in [6, 6.07) is 0. The third kappa shape index (κ3) is 2.43. The highest BCUT2D eigenvalue weighted by Crippen LogP contribution is 2.31. The van der Waals surface area contributed by atoms with Gasteiger partial charge in [-0.1, -0.05) is 0 Å². The Labute approximate surface area is 73.6 Å². The van der Waals surface area contributed by atoms with Crippen LogP contribution in [-0.4, -0.2) is 25.8 Å². The molecular formula is C7H16N2O2S. The summed E-state index contributed by atoms with van der Waals surface area (Å²) in [6.07, 6.45) is 1.85. The van der Waals surface area contributed by atoms with E-state index in [1.165, 1.54) is 0 Å². The van der Waals surface area contributed by atoms with E-state index in [1.54, 1.807) is 13.8 Å². The minimum absolute atomic E-state index is 0.248. The number of hydrogen-bond donors (Lipinski definition) is 2. The molecule has 0 bridgehead atoms. The van der Waals surface area contributed by atoms with Gasteiger partial charge in [-0.3, -0.25) is 0 Å². The molecule has 0 aromatic carbocycles. The van der Waals surface area contributed by atoms with Gasteiger partial charge in [0.05, 0.1) is 5.25 Å². The van der Waals surface area contributed by atoms with E-state index >= 15 is 0 Å². The molecule has 4 nitrogen and oxygen atoms in total. The predicted octanol–water partition coefficient (Wildman–Crippen LogP) is -0.195. The van der Waals surface area contributed by atoms with Crippen molar-refractivity contribution in [3.8, 4) is 0 Å². The van der Waals surface area contributed by atoms with Gasteiger partial charge in [0.1, 0.15) is 0 Å². The highest BCUT2D eigenvalue weighted by molar-refractivity contribution is 7.90. The molecule has 1 fully saturated rings. The standard InChI is InChI=1S/C7H16N2O2S/c1-6(2)12(10,11)9-5-7(8)3-4-7/h6,9H,3-5,8H2,1-2H3. The second-order valence-electron chi connectivity index (χ2n) is 3.78. The molecule has 5 heteroatoms. The molecule has 0 heterocycles. The molecule has 1 saturated carbocycles. The normalized spacial score (nSPS) is 21.3. The lowest BCUT2D eigenvalue weighted by molar-refractivity contribution is 0.557. The largest absolute Gasteiger partial charge is 0.324 e. The molecule has 0 amide bonds. The van der Waals surface area contributed by atoms with Crippen LogP contribution in [0.15, 0.2) is 0 Å². The summed E-state index contributed by atoms with van der Waals surface area (Å²) in [6.45, 7) is 3.68. The SMILES string of the molecule is CC(C)S(=O)(=O)NCC1(N)CC1. The molecule has 0 aliphatic heterocycles. The highest BCUT2D eigenvalue weighted by Gasteiger charge is 2.39. The summed E-state index contributed by atoms with van der Waals surface area (Å²) in [7, 11) is -3.12. The van der Waals surface area contributed by atoms with Crippen molar-refractivity contribution in [1.82, 2.24) is 4.72 Å². The molecule has 3 N–H and O–H groups in total. The van der Waals surface area contributed by atoms with E-state index in [1.807, 2.05) is 0 Å². The molecule has 1 aliphatic rings. The topological polar surface area (TPSA) is 72.2 Å². The van der Waals surface area contributed by atoms with Crippen molar-refractivity contribution >= 4 is 10.0 Å². The van der Waals surface area contributed by atoms with Crippen LogP contribution in [-0.2, 0) is 10.0 Å². The Morgan fingerprint density at radius 1 is 1.50 bits per heavy atom. The number of hydrogen-bond acceptors (Lipinski definition) is 3. The molecule has 1 aliphatic carbocycles. The molecule has 0 unspecified atom stereocenters. The Kier molecular flexibility index (Phi) is 2.47. The molecule has 0 spiro atoms. The fourth-order valence-corrected chi connectivity index (χ4v) is 1.57. The van der Waals surface area contributed by atoms with Gasteiger partial charge in [0.25, 0.3) is 0 Å². The van der Waals surface area contributed by atoms with E-state index in [2.05, 4.69) is 4.72 Å². The molecule has 0 aromatic rings. The first-order valence-electron chi connectivity index (χ1n) is 4.13. The van der Waals surface area contributed by atoms with Crippen LogP contribution >= 0.6 is 0 Å². The molecule has 0 atom stereocenters. The molecule has 72 valence electrons. The molecule has 0 radical (unpaired) electrons. The van der Waals surface area contributed by atoms with Gasteiger partial charge in [-0.15, -0.1) is 0 Å². The lowest BCUT2D eigenvalue weighted by Gasteiger charge is -2.12. The van der Waals surface area contributed by atoms with Crippen LogP contribution in [0, 0.1) is 0 Å². The van der Waals surface area contributed by atoms with E-state index in [4.69, 9.17) is 5.73 Å². The zero-order valence-electron chi connectivity index (χ0n) is 7.50. The first-order valence-corrected chi connectivity index (χ1v) is 5.68. The quantitative estimate of drug-likeness (QED) is 0.648. The molecule has 0 aromatic heterocycles. The Balaban J connectivity index is 2.41. The maximum absolute atomic E-state index is 11.2. The maximum atomic E-state index is 11.2. The number of rotatable bonds is 4. The summed E-state index contributed by atoms with van der Waals surface area (Å²) in [4.78, 5) is 0. The summed E-state index contributed by atoms with van der Waals surface area (Å²) in [5, 5.41) is -0.375. The van der Waals surface area contributed by atoms with E-state index in [0.717, 1.165) is 12.8 Å². The lowest BCUT2D eigenvalue weighted by Crippen LogP contribution is -2.41. The van der Waals surface area contributed by atoms with Crippen molar-refractivity contribution in [1.29, 1.82) is 0 Å². The van der Waals surface area contributed by atoms with Crippen LogP contribution in [0.25, 0.3) is 0 Å². The highest BCUT2D eigenvalue weighted by atomic mass is 32.2. The van der Waals surface area contributed by atoms with Gasteiger partial charge >= 0.3 is 0 Å². The molecular weight excluding hydrogens is 176 g/mol. The van der Waals surface area contributed by atoms with Gasteiger partial charge in [0.2, 0.25) is 10.0 Å². The van der Waals surface area contributed by atoms with Crippen LogP contribution < -0.4 is 10.5 Å². The van der Waals surface area contributed by atoms with Gasteiger partial charge in [0, 0.05) is 12.1 Å².